The highest BCUT2D eigenvalue weighted by atomic mass is 79.9. The van der Waals surface area contributed by atoms with Crippen LogP contribution >= 0.6 is 15.9 Å². The van der Waals surface area contributed by atoms with Crippen LogP contribution in [0.2, 0.25) is 0 Å². The first kappa shape index (κ1) is 16.4. The summed E-state index contributed by atoms with van der Waals surface area (Å²) in [5.41, 5.74) is 5.46. The molecular weight excluding hydrogens is 378 g/mol. The number of ketones is 1. The molecule has 0 aliphatic carbocycles. The van der Waals surface area contributed by atoms with Gasteiger partial charge in [0.05, 0.1) is 0 Å². The number of fused-ring (bicyclic) bond motifs is 2. The van der Waals surface area contributed by atoms with Crippen molar-refractivity contribution in [3.8, 4) is 5.75 Å². The number of aryl methyl sites for hydroxylation is 1. The molecule has 3 nitrogen and oxygen atoms in total. The number of carbonyl (C=O) groups excluding carboxylic acids is 1. The predicted molar refractivity (Wildman–Crippen MR) is 103 cm³/mol. The zero-order chi connectivity index (χ0) is 17.6. The highest BCUT2D eigenvalue weighted by Gasteiger charge is 2.32. The van der Waals surface area contributed by atoms with E-state index in [2.05, 4.69) is 45.5 Å². The zero-order valence-corrected chi connectivity index (χ0v) is 15.9. The van der Waals surface area contributed by atoms with Crippen LogP contribution in [0.1, 0.15) is 42.9 Å². The average Bonchev–Trinajstić information content (AvgIpc) is 2.60. The van der Waals surface area contributed by atoms with Gasteiger partial charge in [0, 0.05) is 33.8 Å². The number of carbonyl (C=O) groups is 1. The molecule has 1 atom stereocenters. The van der Waals surface area contributed by atoms with Gasteiger partial charge in [-0.2, -0.15) is 0 Å². The SMILES string of the molecule is CC(=O)C1=C(C)Oc2ccc(Br)cc2[C@H]1c1ccc2c(c1)CCCN2. The number of benzene rings is 2. The first-order valence-electron chi connectivity index (χ1n) is 8.60. The number of hydrogen-bond donors (Lipinski definition) is 1. The van der Waals surface area contributed by atoms with Crippen LogP contribution in [0.4, 0.5) is 5.69 Å². The second-order valence-electron chi connectivity index (χ2n) is 6.69. The minimum absolute atomic E-state index is 0.0592. The quantitative estimate of drug-likeness (QED) is 0.756. The van der Waals surface area contributed by atoms with Crippen LogP contribution in [-0.4, -0.2) is 12.3 Å². The average molecular weight is 398 g/mol. The van der Waals surface area contributed by atoms with Gasteiger partial charge in [0.2, 0.25) is 0 Å². The molecule has 0 amide bonds. The number of rotatable bonds is 2. The highest BCUT2D eigenvalue weighted by Crippen LogP contribution is 2.45. The second-order valence-corrected chi connectivity index (χ2v) is 7.61. The second kappa shape index (κ2) is 6.34. The third-order valence-corrected chi connectivity index (χ3v) is 5.49. The predicted octanol–water partition coefficient (Wildman–Crippen LogP) is 5.19. The maximum absolute atomic E-state index is 12.4. The lowest BCUT2D eigenvalue weighted by Gasteiger charge is -2.30. The van der Waals surface area contributed by atoms with E-state index in [9.17, 15) is 4.79 Å². The Morgan fingerprint density at radius 2 is 2.08 bits per heavy atom. The van der Waals surface area contributed by atoms with E-state index in [-0.39, 0.29) is 11.7 Å². The molecule has 2 aromatic rings. The molecule has 2 heterocycles. The van der Waals surface area contributed by atoms with Gasteiger partial charge in [-0.15, -0.1) is 0 Å². The maximum atomic E-state index is 12.4. The molecule has 2 aliphatic rings. The Hall–Kier alpha value is -2.07. The van der Waals surface area contributed by atoms with Crippen LogP contribution in [0.3, 0.4) is 0 Å². The summed E-state index contributed by atoms with van der Waals surface area (Å²) >= 11 is 3.56. The largest absolute Gasteiger partial charge is 0.461 e. The molecule has 0 bridgehead atoms. The third-order valence-electron chi connectivity index (χ3n) is 4.99. The zero-order valence-electron chi connectivity index (χ0n) is 14.4. The van der Waals surface area contributed by atoms with Crippen LogP contribution in [0.5, 0.6) is 5.75 Å². The van der Waals surface area contributed by atoms with Crippen LogP contribution in [-0.2, 0) is 11.2 Å². The number of Topliss-reactive ketones (excluding diaryl/α,β-unsaturated/α-hetero) is 1. The molecule has 0 radical (unpaired) electrons. The molecule has 2 aliphatic heterocycles. The lowest BCUT2D eigenvalue weighted by molar-refractivity contribution is -0.114. The summed E-state index contributed by atoms with van der Waals surface area (Å²) in [5, 5.41) is 3.45. The van der Waals surface area contributed by atoms with Crippen molar-refractivity contribution >= 4 is 27.4 Å². The van der Waals surface area contributed by atoms with Gasteiger partial charge in [0.25, 0.3) is 0 Å². The van der Waals surface area contributed by atoms with Crippen LogP contribution in [0.15, 0.2) is 52.2 Å². The van der Waals surface area contributed by atoms with Gasteiger partial charge in [0.15, 0.2) is 5.78 Å². The Balaban J connectivity index is 1.91. The number of allylic oxidation sites excluding steroid dienone is 2. The molecule has 0 saturated carbocycles. The molecule has 4 heteroatoms. The molecule has 0 unspecified atom stereocenters. The topological polar surface area (TPSA) is 38.3 Å². The lowest BCUT2D eigenvalue weighted by atomic mass is 9.80. The van der Waals surface area contributed by atoms with Crippen molar-refractivity contribution in [3.05, 3.63) is 68.9 Å². The minimum Gasteiger partial charge on any atom is -0.461 e. The molecule has 128 valence electrons. The number of nitrogens with one attached hydrogen (secondary N) is 1. The van der Waals surface area contributed by atoms with Crippen LogP contribution in [0.25, 0.3) is 0 Å². The summed E-state index contributed by atoms with van der Waals surface area (Å²) in [6.07, 6.45) is 2.21. The Morgan fingerprint density at radius 1 is 1.24 bits per heavy atom. The van der Waals surface area contributed by atoms with E-state index in [4.69, 9.17) is 4.74 Å². The van der Waals surface area contributed by atoms with Crippen LogP contribution in [0, 0.1) is 0 Å². The van der Waals surface area contributed by atoms with Crippen molar-refractivity contribution in [2.75, 3.05) is 11.9 Å². The number of hydrogen-bond acceptors (Lipinski definition) is 3. The van der Waals surface area contributed by atoms with Crippen molar-refractivity contribution in [1.29, 1.82) is 0 Å². The first-order chi connectivity index (χ1) is 12.0. The molecule has 25 heavy (non-hydrogen) atoms. The van der Waals surface area contributed by atoms with E-state index in [0.717, 1.165) is 46.3 Å². The summed E-state index contributed by atoms with van der Waals surface area (Å²) < 4.78 is 6.94. The number of ether oxygens (including phenoxy) is 1. The summed E-state index contributed by atoms with van der Waals surface area (Å²) in [6, 6.07) is 12.5. The number of halogens is 1. The molecule has 0 aromatic heterocycles. The summed E-state index contributed by atoms with van der Waals surface area (Å²) in [6.45, 7) is 4.53. The fraction of sp³-hybridized carbons (Fsp3) is 0.286. The lowest BCUT2D eigenvalue weighted by Crippen LogP contribution is -2.21. The van der Waals surface area contributed by atoms with Crippen molar-refractivity contribution < 1.29 is 9.53 Å². The Morgan fingerprint density at radius 3 is 2.88 bits per heavy atom. The van der Waals surface area contributed by atoms with Crippen molar-refractivity contribution in [1.82, 2.24) is 0 Å². The fourth-order valence-corrected chi connectivity index (χ4v) is 4.27. The van der Waals surface area contributed by atoms with Crippen molar-refractivity contribution in [3.63, 3.8) is 0 Å². The molecular formula is C21H20BrNO2. The van der Waals surface area contributed by atoms with E-state index in [1.54, 1.807) is 6.92 Å². The normalized spacial score (nSPS) is 18.8. The summed E-state index contributed by atoms with van der Waals surface area (Å²) in [5.74, 6) is 1.49. The van der Waals surface area contributed by atoms with Gasteiger partial charge in [0.1, 0.15) is 11.5 Å². The Kier molecular flexibility index (Phi) is 4.16. The number of anilines is 1. The van der Waals surface area contributed by atoms with E-state index in [0.29, 0.717) is 5.76 Å². The summed E-state index contributed by atoms with van der Waals surface area (Å²) in [7, 11) is 0. The Bertz CT molecular complexity index is 901. The van der Waals surface area contributed by atoms with E-state index < -0.39 is 0 Å². The van der Waals surface area contributed by atoms with E-state index in [1.807, 2.05) is 19.1 Å². The molecule has 0 saturated heterocycles. The van der Waals surface area contributed by atoms with Gasteiger partial charge >= 0.3 is 0 Å². The smallest absolute Gasteiger partial charge is 0.160 e. The third kappa shape index (κ3) is 2.89. The first-order valence-corrected chi connectivity index (χ1v) is 9.39. The van der Waals surface area contributed by atoms with Crippen molar-refractivity contribution in [2.24, 2.45) is 0 Å². The fourth-order valence-electron chi connectivity index (χ4n) is 3.89. The molecule has 4 rings (SSSR count). The minimum atomic E-state index is -0.0917. The highest BCUT2D eigenvalue weighted by molar-refractivity contribution is 9.10. The van der Waals surface area contributed by atoms with Gasteiger partial charge < -0.3 is 10.1 Å². The van der Waals surface area contributed by atoms with Gasteiger partial charge in [-0.25, -0.2) is 0 Å². The monoisotopic (exact) mass is 397 g/mol. The van der Waals surface area contributed by atoms with Crippen molar-refractivity contribution in [2.45, 2.75) is 32.6 Å². The van der Waals surface area contributed by atoms with E-state index >= 15 is 0 Å². The summed E-state index contributed by atoms with van der Waals surface area (Å²) in [4.78, 5) is 12.4. The molecule has 2 aromatic carbocycles. The van der Waals surface area contributed by atoms with Crippen LogP contribution < -0.4 is 10.1 Å². The molecule has 0 fully saturated rings. The maximum Gasteiger partial charge on any atom is 0.160 e. The van der Waals surface area contributed by atoms with E-state index in [1.165, 1.54) is 11.3 Å². The van der Waals surface area contributed by atoms with Gasteiger partial charge in [-0.3, -0.25) is 4.79 Å². The van der Waals surface area contributed by atoms with Gasteiger partial charge in [-0.05, 0) is 62.1 Å². The standard InChI is InChI=1S/C21H20BrNO2/c1-12(24)20-13(2)25-19-8-6-16(22)11-17(19)21(20)15-5-7-18-14(10-15)4-3-9-23-18/h5-8,10-11,21,23H,3-4,9H2,1-2H3/t21-/m1/s1. The molecule has 1 N–H and O–H groups in total. The molecule has 0 spiro atoms. The van der Waals surface area contributed by atoms with Gasteiger partial charge in [-0.1, -0.05) is 28.1 Å². The Labute approximate surface area is 156 Å².